The molecule has 106 valence electrons. The van der Waals surface area contributed by atoms with Gasteiger partial charge in [0.1, 0.15) is 0 Å². The lowest BCUT2D eigenvalue weighted by atomic mass is 10.0. The number of hydrogen-bond donors (Lipinski definition) is 0. The number of carbonyl (C=O) groups is 1. The number of unbranched alkanes of at least 4 members (excludes halogenated alkanes) is 1. The lowest BCUT2D eigenvalue weighted by Gasteiger charge is -2.21. The summed E-state index contributed by atoms with van der Waals surface area (Å²) in [5, 5.41) is 0.854. The molecule has 0 bridgehead atoms. The first-order valence-electron chi connectivity index (χ1n) is 7.07. The molecule has 0 N–H and O–H groups in total. The van der Waals surface area contributed by atoms with Crippen molar-refractivity contribution in [3.63, 3.8) is 0 Å². The first kappa shape index (κ1) is 16.2. The van der Waals surface area contributed by atoms with Crippen LogP contribution in [0, 0.1) is 6.92 Å². The number of halogens is 1. The molecular weight excluding hydrogens is 302 g/mol. The van der Waals surface area contributed by atoms with E-state index in [0.29, 0.717) is 6.42 Å². The Labute approximate surface area is 125 Å². The van der Waals surface area contributed by atoms with E-state index >= 15 is 0 Å². The van der Waals surface area contributed by atoms with E-state index in [1.165, 1.54) is 11.1 Å². The fourth-order valence-electron chi connectivity index (χ4n) is 2.10. The van der Waals surface area contributed by atoms with Crippen LogP contribution in [0.1, 0.15) is 37.3 Å². The maximum atomic E-state index is 12.2. The Morgan fingerprint density at radius 1 is 1.26 bits per heavy atom. The number of benzene rings is 1. The van der Waals surface area contributed by atoms with Gasteiger partial charge in [-0.15, -0.1) is 0 Å². The van der Waals surface area contributed by atoms with Crippen molar-refractivity contribution in [2.75, 3.05) is 18.4 Å². The molecular formula is C16H24BrNO. The van der Waals surface area contributed by atoms with Crippen LogP contribution in [0.5, 0.6) is 0 Å². The van der Waals surface area contributed by atoms with Gasteiger partial charge in [0.05, 0.1) is 0 Å². The summed E-state index contributed by atoms with van der Waals surface area (Å²) in [6.45, 7) is 5.96. The quantitative estimate of drug-likeness (QED) is 0.663. The molecule has 0 radical (unpaired) electrons. The maximum Gasteiger partial charge on any atom is 0.222 e. The molecule has 1 aromatic rings. The van der Waals surface area contributed by atoms with Crippen LogP contribution in [0.25, 0.3) is 0 Å². The third-order valence-electron chi connectivity index (χ3n) is 3.36. The summed E-state index contributed by atoms with van der Waals surface area (Å²) >= 11 is 3.42. The Balaban J connectivity index is 2.50. The van der Waals surface area contributed by atoms with E-state index in [-0.39, 0.29) is 5.91 Å². The average molecular weight is 326 g/mol. The molecule has 0 aliphatic rings. The minimum atomic E-state index is 0.274. The van der Waals surface area contributed by atoms with Gasteiger partial charge in [-0.1, -0.05) is 53.5 Å². The zero-order chi connectivity index (χ0) is 14.1. The minimum absolute atomic E-state index is 0.274. The molecule has 0 aliphatic heterocycles. The van der Waals surface area contributed by atoms with Crippen molar-refractivity contribution in [2.24, 2.45) is 0 Å². The second-order valence-electron chi connectivity index (χ2n) is 4.85. The van der Waals surface area contributed by atoms with Gasteiger partial charge in [0.25, 0.3) is 0 Å². The highest BCUT2D eigenvalue weighted by Gasteiger charge is 2.12. The van der Waals surface area contributed by atoms with E-state index in [0.717, 1.165) is 37.7 Å². The van der Waals surface area contributed by atoms with E-state index in [9.17, 15) is 4.79 Å². The zero-order valence-electron chi connectivity index (χ0n) is 12.0. The number of aryl methyl sites for hydroxylation is 2. The maximum absolute atomic E-state index is 12.2. The van der Waals surface area contributed by atoms with Crippen LogP contribution in [0.3, 0.4) is 0 Å². The highest BCUT2D eigenvalue weighted by Crippen LogP contribution is 2.11. The second-order valence-corrected chi connectivity index (χ2v) is 5.64. The van der Waals surface area contributed by atoms with Crippen LogP contribution in [0.2, 0.25) is 0 Å². The Morgan fingerprint density at radius 3 is 2.63 bits per heavy atom. The van der Waals surface area contributed by atoms with Gasteiger partial charge in [-0.05, 0) is 30.9 Å². The molecule has 0 spiro atoms. The van der Waals surface area contributed by atoms with Gasteiger partial charge in [0, 0.05) is 24.8 Å². The topological polar surface area (TPSA) is 20.3 Å². The summed E-state index contributed by atoms with van der Waals surface area (Å²) in [5.74, 6) is 0.274. The molecule has 1 aromatic carbocycles. The number of amides is 1. The van der Waals surface area contributed by atoms with Crippen LogP contribution in [0.4, 0.5) is 0 Å². The second kappa shape index (κ2) is 9.13. The molecule has 2 nitrogen and oxygen atoms in total. The summed E-state index contributed by atoms with van der Waals surface area (Å²) < 4.78 is 0. The molecule has 0 aromatic heterocycles. The SMILES string of the molecule is CCCCN(CCBr)C(=O)CCc1ccccc1C. The van der Waals surface area contributed by atoms with Gasteiger partial charge in [0.2, 0.25) is 5.91 Å². The van der Waals surface area contributed by atoms with Gasteiger partial charge in [0.15, 0.2) is 0 Å². The Kier molecular flexibility index (Phi) is 7.80. The summed E-state index contributed by atoms with van der Waals surface area (Å²) in [7, 11) is 0. The van der Waals surface area contributed by atoms with E-state index in [2.05, 4.69) is 41.9 Å². The lowest BCUT2D eigenvalue weighted by molar-refractivity contribution is -0.131. The molecule has 0 saturated heterocycles. The summed E-state index contributed by atoms with van der Waals surface area (Å²) in [5.41, 5.74) is 2.56. The van der Waals surface area contributed by atoms with Crippen molar-refractivity contribution >= 4 is 21.8 Å². The first-order valence-corrected chi connectivity index (χ1v) is 8.19. The standard InChI is InChI=1S/C16H24BrNO/c1-3-4-12-18(13-11-17)16(19)10-9-15-8-6-5-7-14(15)2/h5-8H,3-4,9-13H2,1-2H3. The molecule has 0 unspecified atom stereocenters. The molecule has 0 atom stereocenters. The summed E-state index contributed by atoms with van der Waals surface area (Å²) in [4.78, 5) is 14.2. The number of alkyl halides is 1. The van der Waals surface area contributed by atoms with Gasteiger partial charge in [-0.3, -0.25) is 4.79 Å². The van der Waals surface area contributed by atoms with Crippen LogP contribution >= 0.6 is 15.9 Å². The van der Waals surface area contributed by atoms with Crippen LogP contribution in [-0.2, 0) is 11.2 Å². The van der Waals surface area contributed by atoms with E-state index < -0.39 is 0 Å². The van der Waals surface area contributed by atoms with Crippen LogP contribution < -0.4 is 0 Å². The highest BCUT2D eigenvalue weighted by atomic mass is 79.9. The fourth-order valence-corrected chi connectivity index (χ4v) is 2.53. The predicted molar refractivity (Wildman–Crippen MR) is 84.8 cm³/mol. The first-order chi connectivity index (χ1) is 9.19. The van der Waals surface area contributed by atoms with Gasteiger partial charge < -0.3 is 4.90 Å². The van der Waals surface area contributed by atoms with E-state index in [4.69, 9.17) is 0 Å². The molecule has 1 amide bonds. The normalized spacial score (nSPS) is 10.5. The third kappa shape index (κ3) is 5.77. The predicted octanol–water partition coefficient (Wildman–Crippen LogP) is 3.95. The lowest BCUT2D eigenvalue weighted by Crippen LogP contribution is -2.33. The Morgan fingerprint density at radius 2 is 2.00 bits per heavy atom. The molecule has 1 rings (SSSR count). The summed E-state index contributed by atoms with van der Waals surface area (Å²) in [6, 6.07) is 8.30. The smallest absolute Gasteiger partial charge is 0.222 e. The van der Waals surface area contributed by atoms with E-state index in [1.807, 2.05) is 17.0 Å². The van der Waals surface area contributed by atoms with Gasteiger partial charge in [-0.2, -0.15) is 0 Å². The van der Waals surface area contributed by atoms with Crippen molar-refractivity contribution in [1.82, 2.24) is 4.90 Å². The molecule has 0 aliphatic carbocycles. The molecule has 19 heavy (non-hydrogen) atoms. The largest absolute Gasteiger partial charge is 0.342 e. The average Bonchev–Trinajstić information content (AvgIpc) is 2.42. The molecule has 0 saturated carbocycles. The number of rotatable bonds is 8. The van der Waals surface area contributed by atoms with Crippen molar-refractivity contribution in [2.45, 2.75) is 39.5 Å². The Bertz CT molecular complexity index is 392. The fraction of sp³-hybridized carbons (Fsp3) is 0.562. The monoisotopic (exact) mass is 325 g/mol. The van der Waals surface area contributed by atoms with Gasteiger partial charge in [-0.25, -0.2) is 0 Å². The summed E-state index contributed by atoms with van der Waals surface area (Å²) in [6.07, 6.45) is 3.67. The van der Waals surface area contributed by atoms with Crippen molar-refractivity contribution in [1.29, 1.82) is 0 Å². The van der Waals surface area contributed by atoms with Crippen LogP contribution in [0.15, 0.2) is 24.3 Å². The zero-order valence-corrected chi connectivity index (χ0v) is 13.6. The van der Waals surface area contributed by atoms with Crippen LogP contribution in [-0.4, -0.2) is 29.2 Å². The number of hydrogen-bond acceptors (Lipinski definition) is 1. The third-order valence-corrected chi connectivity index (χ3v) is 3.71. The van der Waals surface area contributed by atoms with Crippen molar-refractivity contribution < 1.29 is 4.79 Å². The number of carbonyl (C=O) groups excluding carboxylic acids is 1. The molecule has 0 fully saturated rings. The number of nitrogens with zero attached hydrogens (tertiary/aromatic N) is 1. The van der Waals surface area contributed by atoms with Crippen molar-refractivity contribution in [3.05, 3.63) is 35.4 Å². The molecule has 3 heteroatoms. The molecule has 0 heterocycles. The highest BCUT2D eigenvalue weighted by molar-refractivity contribution is 9.09. The Hall–Kier alpha value is -0.830. The van der Waals surface area contributed by atoms with Gasteiger partial charge >= 0.3 is 0 Å². The van der Waals surface area contributed by atoms with E-state index in [1.54, 1.807) is 0 Å². The minimum Gasteiger partial charge on any atom is -0.342 e. The van der Waals surface area contributed by atoms with Crippen molar-refractivity contribution in [3.8, 4) is 0 Å².